The lowest BCUT2D eigenvalue weighted by atomic mass is 9.96. The number of amides is 2. The van der Waals surface area contributed by atoms with Crippen molar-refractivity contribution < 1.29 is 27.9 Å². The van der Waals surface area contributed by atoms with Crippen molar-refractivity contribution in [1.82, 2.24) is 4.90 Å². The first-order chi connectivity index (χ1) is 10.2. The second-order valence-corrected chi connectivity index (χ2v) is 5.85. The van der Waals surface area contributed by atoms with Gasteiger partial charge in [-0.25, -0.2) is 4.79 Å². The molecule has 1 fully saturated rings. The van der Waals surface area contributed by atoms with Crippen LogP contribution < -0.4 is 5.32 Å². The quantitative estimate of drug-likeness (QED) is 0.827. The summed E-state index contributed by atoms with van der Waals surface area (Å²) in [6.45, 7) is -1.13. The van der Waals surface area contributed by atoms with Crippen LogP contribution in [-0.4, -0.2) is 41.3 Å². The molecular weight excluding hydrogens is 369 g/mol. The Hall–Kier alpha value is -1.77. The van der Waals surface area contributed by atoms with Gasteiger partial charge in [0.25, 0.3) is 0 Å². The van der Waals surface area contributed by atoms with Crippen molar-refractivity contribution in [1.29, 1.82) is 0 Å². The van der Waals surface area contributed by atoms with Crippen LogP contribution in [0.2, 0.25) is 0 Å². The Morgan fingerprint density at radius 3 is 2.27 bits per heavy atom. The second kappa shape index (κ2) is 6.15. The van der Waals surface area contributed by atoms with Gasteiger partial charge in [0.15, 0.2) is 0 Å². The normalized spacial score (nSPS) is 21.7. The van der Waals surface area contributed by atoms with E-state index in [2.05, 4.69) is 21.2 Å². The maximum Gasteiger partial charge on any atom is 0.394 e. The highest BCUT2D eigenvalue weighted by Gasteiger charge is 2.53. The molecule has 2 atom stereocenters. The third-order valence-electron chi connectivity index (χ3n) is 3.44. The smallest absolute Gasteiger partial charge is 0.394 e. The molecule has 1 aliphatic heterocycles. The van der Waals surface area contributed by atoms with Crippen LogP contribution in [0.5, 0.6) is 0 Å². The number of nitrogens with one attached hydrogen (secondary N) is 1. The molecule has 0 saturated carbocycles. The Labute approximate surface area is 132 Å². The van der Waals surface area contributed by atoms with E-state index >= 15 is 0 Å². The molecule has 0 aliphatic carbocycles. The summed E-state index contributed by atoms with van der Waals surface area (Å²) in [5.74, 6) is -5.25. The first-order valence-corrected chi connectivity index (χ1v) is 7.09. The van der Waals surface area contributed by atoms with Crippen molar-refractivity contribution in [3.8, 4) is 0 Å². The molecule has 0 bridgehead atoms. The van der Waals surface area contributed by atoms with Crippen molar-refractivity contribution >= 4 is 33.6 Å². The summed E-state index contributed by atoms with van der Waals surface area (Å²) in [6.07, 6.45) is -4.66. The predicted molar refractivity (Wildman–Crippen MR) is 75.4 cm³/mol. The number of hydrogen-bond acceptors (Lipinski definition) is 2. The van der Waals surface area contributed by atoms with Crippen LogP contribution >= 0.6 is 15.9 Å². The third-order valence-corrected chi connectivity index (χ3v) is 3.97. The summed E-state index contributed by atoms with van der Waals surface area (Å²) in [7, 11) is 0. The monoisotopic (exact) mass is 380 g/mol. The number of hydrogen-bond donors (Lipinski definition) is 2. The summed E-state index contributed by atoms with van der Waals surface area (Å²) in [5, 5.41) is 11.4. The molecule has 22 heavy (non-hydrogen) atoms. The Morgan fingerprint density at radius 2 is 1.82 bits per heavy atom. The third kappa shape index (κ3) is 3.70. The molecular formula is C13H12BrF3N2O3. The molecule has 0 unspecified atom stereocenters. The number of carboxylic acids is 1. The van der Waals surface area contributed by atoms with E-state index in [9.17, 15) is 22.8 Å². The number of urea groups is 1. The number of halogens is 4. The van der Waals surface area contributed by atoms with Gasteiger partial charge in [-0.1, -0.05) is 15.9 Å². The topological polar surface area (TPSA) is 69.6 Å². The maximum atomic E-state index is 12.9. The van der Waals surface area contributed by atoms with Crippen molar-refractivity contribution in [2.45, 2.75) is 6.18 Å². The van der Waals surface area contributed by atoms with Crippen molar-refractivity contribution in [3.05, 3.63) is 28.7 Å². The van der Waals surface area contributed by atoms with Gasteiger partial charge < -0.3 is 15.3 Å². The molecule has 2 amide bonds. The van der Waals surface area contributed by atoms with Gasteiger partial charge in [0, 0.05) is 23.2 Å². The summed E-state index contributed by atoms with van der Waals surface area (Å²) in [5.41, 5.74) is 0.413. The fourth-order valence-corrected chi connectivity index (χ4v) is 2.55. The molecule has 1 aromatic rings. The van der Waals surface area contributed by atoms with Crippen LogP contribution in [-0.2, 0) is 4.79 Å². The zero-order chi connectivity index (χ0) is 16.5. The number of nitrogens with zero attached hydrogens (tertiary/aromatic N) is 1. The average Bonchev–Trinajstić information content (AvgIpc) is 2.86. The van der Waals surface area contributed by atoms with Gasteiger partial charge in [-0.15, -0.1) is 0 Å². The van der Waals surface area contributed by atoms with E-state index < -0.39 is 43.1 Å². The minimum Gasteiger partial charge on any atom is -0.481 e. The first kappa shape index (κ1) is 16.6. The van der Waals surface area contributed by atoms with Crippen molar-refractivity contribution in [3.63, 3.8) is 0 Å². The van der Waals surface area contributed by atoms with Gasteiger partial charge in [0.05, 0.1) is 11.8 Å². The lowest BCUT2D eigenvalue weighted by molar-refractivity contribution is -0.187. The fourth-order valence-electron chi connectivity index (χ4n) is 2.29. The van der Waals surface area contributed by atoms with E-state index in [4.69, 9.17) is 5.11 Å². The maximum absolute atomic E-state index is 12.9. The van der Waals surface area contributed by atoms with Crippen LogP contribution in [0.1, 0.15) is 0 Å². The summed E-state index contributed by atoms with van der Waals surface area (Å²) < 4.78 is 39.3. The van der Waals surface area contributed by atoms with E-state index in [1.54, 1.807) is 24.3 Å². The molecule has 1 aromatic carbocycles. The number of alkyl halides is 3. The minimum absolute atomic E-state index is 0.413. The van der Waals surface area contributed by atoms with Crippen LogP contribution in [0, 0.1) is 11.8 Å². The molecule has 1 aliphatic rings. The summed E-state index contributed by atoms with van der Waals surface area (Å²) in [4.78, 5) is 23.8. The van der Waals surface area contributed by atoms with Gasteiger partial charge in [0.1, 0.15) is 0 Å². The van der Waals surface area contributed by atoms with E-state index in [0.717, 1.165) is 9.37 Å². The van der Waals surface area contributed by atoms with Crippen LogP contribution in [0.4, 0.5) is 23.7 Å². The second-order valence-electron chi connectivity index (χ2n) is 4.93. The molecule has 0 aromatic heterocycles. The van der Waals surface area contributed by atoms with Gasteiger partial charge in [-0.3, -0.25) is 4.79 Å². The number of anilines is 1. The largest absolute Gasteiger partial charge is 0.481 e. The number of benzene rings is 1. The van der Waals surface area contributed by atoms with Crippen LogP contribution in [0.15, 0.2) is 28.7 Å². The number of carbonyl (C=O) groups excluding carboxylic acids is 1. The van der Waals surface area contributed by atoms with E-state index in [0.29, 0.717) is 5.69 Å². The van der Waals surface area contributed by atoms with E-state index in [1.807, 2.05) is 0 Å². The van der Waals surface area contributed by atoms with E-state index in [1.165, 1.54) is 0 Å². The Bertz CT molecular complexity index is 577. The van der Waals surface area contributed by atoms with Crippen molar-refractivity contribution in [2.24, 2.45) is 11.8 Å². The number of carboxylic acid groups (broad SMARTS) is 1. The molecule has 1 heterocycles. The molecule has 5 nitrogen and oxygen atoms in total. The van der Waals surface area contributed by atoms with Crippen LogP contribution in [0.3, 0.4) is 0 Å². The fraction of sp³-hybridized carbons (Fsp3) is 0.385. The number of likely N-dealkylation sites (tertiary alicyclic amines) is 1. The highest BCUT2D eigenvalue weighted by atomic mass is 79.9. The van der Waals surface area contributed by atoms with Gasteiger partial charge >= 0.3 is 18.2 Å². The molecule has 2 rings (SSSR count). The predicted octanol–water partition coefficient (Wildman–Crippen LogP) is 3.18. The Kier molecular flexibility index (Phi) is 4.64. The first-order valence-electron chi connectivity index (χ1n) is 6.29. The summed E-state index contributed by atoms with van der Waals surface area (Å²) in [6, 6.07) is 5.73. The number of carbonyl (C=O) groups is 2. The van der Waals surface area contributed by atoms with Gasteiger partial charge in [-0.05, 0) is 24.3 Å². The highest BCUT2D eigenvalue weighted by Crippen LogP contribution is 2.37. The molecule has 1 saturated heterocycles. The zero-order valence-electron chi connectivity index (χ0n) is 11.1. The van der Waals surface area contributed by atoms with Gasteiger partial charge in [0.2, 0.25) is 0 Å². The number of aliphatic carboxylic acids is 1. The Morgan fingerprint density at radius 1 is 1.23 bits per heavy atom. The van der Waals surface area contributed by atoms with Crippen LogP contribution in [0.25, 0.3) is 0 Å². The average molecular weight is 381 g/mol. The Balaban J connectivity index is 2.08. The zero-order valence-corrected chi connectivity index (χ0v) is 12.7. The van der Waals surface area contributed by atoms with E-state index in [-0.39, 0.29) is 0 Å². The van der Waals surface area contributed by atoms with Crippen molar-refractivity contribution in [2.75, 3.05) is 18.4 Å². The lowest BCUT2D eigenvalue weighted by Gasteiger charge is -2.18. The molecule has 120 valence electrons. The van der Waals surface area contributed by atoms with Gasteiger partial charge in [-0.2, -0.15) is 13.2 Å². The number of rotatable bonds is 2. The molecule has 9 heteroatoms. The molecule has 0 spiro atoms. The SMILES string of the molecule is O=C(O)[C@@H]1CN(C(=O)Nc2ccc(Br)cc2)C[C@H]1C(F)(F)F. The minimum atomic E-state index is -4.66. The standard InChI is InChI=1S/C13H12BrF3N2O3/c14-7-1-3-8(4-2-7)18-12(22)19-5-9(11(20)21)10(6-19)13(15,16)17/h1-4,9-10H,5-6H2,(H,18,22)(H,20,21)/t9-,10-/m1/s1. The summed E-state index contributed by atoms with van der Waals surface area (Å²) >= 11 is 3.22. The molecule has 2 N–H and O–H groups in total. The lowest BCUT2D eigenvalue weighted by Crippen LogP contribution is -2.35. The highest BCUT2D eigenvalue weighted by molar-refractivity contribution is 9.10. The molecule has 0 radical (unpaired) electrons.